The van der Waals surface area contributed by atoms with E-state index in [9.17, 15) is 29.1 Å². The summed E-state index contributed by atoms with van der Waals surface area (Å²) >= 11 is 0. The number of nitrogens with zero attached hydrogens (tertiary/aromatic N) is 1. The number of amides is 1. The number of hydrogen-bond donors (Lipinski definition) is 1. The summed E-state index contributed by atoms with van der Waals surface area (Å²) in [7, 11) is -9.91. The van der Waals surface area contributed by atoms with Gasteiger partial charge in [-0.2, -0.15) is 0 Å². The van der Waals surface area contributed by atoms with E-state index in [0.717, 1.165) is 24.6 Å². The Morgan fingerprint density at radius 2 is 1.71 bits per heavy atom. The second kappa shape index (κ2) is 6.43. The number of carbonyl (C=O) groups excluding carboxylic acids is 1. The van der Waals surface area contributed by atoms with E-state index in [0.29, 0.717) is 5.75 Å². The summed E-state index contributed by atoms with van der Waals surface area (Å²) in [5.41, 5.74) is -1.61. The third kappa shape index (κ3) is 5.41. The SMILES string of the molecule is Cc1ccc(OCC(C)(N=O)C(=O)Nc2cccc(S(F)(F)(F)(F)F)c2)cc1. The molecule has 11 heteroatoms. The zero-order valence-electron chi connectivity index (χ0n) is 14.8. The largest absolute Gasteiger partial charge is 0.490 e. The monoisotopic (exact) mass is 424 g/mol. The van der Waals surface area contributed by atoms with E-state index in [2.05, 4.69) is 5.18 Å². The van der Waals surface area contributed by atoms with E-state index in [1.54, 1.807) is 24.3 Å². The van der Waals surface area contributed by atoms with Gasteiger partial charge in [-0.05, 0) is 49.4 Å². The molecule has 2 aromatic carbocycles. The van der Waals surface area contributed by atoms with E-state index in [-0.39, 0.29) is 12.1 Å². The van der Waals surface area contributed by atoms with Gasteiger partial charge in [-0.25, -0.2) is 0 Å². The van der Waals surface area contributed by atoms with Gasteiger partial charge in [-0.3, -0.25) is 4.79 Å². The highest BCUT2D eigenvalue weighted by Crippen LogP contribution is 3.02. The van der Waals surface area contributed by atoms with Crippen molar-refractivity contribution in [3.63, 3.8) is 0 Å². The summed E-state index contributed by atoms with van der Waals surface area (Å²) in [4.78, 5) is 21.3. The molecule has 0 saturated carbocycles. The molecule has 0 spiro atoms. The van der Waals surface area contributed by atoms with Gasteiger partial charge in [0.25, 0.3) is 5.91 Å². The molecule has 0 aliphatic rings. The van der Waals surface area contributed by atoms with E-state index in [1.807, 2.05) is 12.2 Å². The quantitative estimate of drug-likeness (QED) is 0.425. The molecule has 1 N–H and O–H groups in total. The number of rotatable bonds is 7. The lowest BCUT2D eigenvalue weighted by molar-refractivity contribution is -0.121. The van der Waals surface area contributed by atoms with Crippen LogP contribution in [0.2, 0.25) is 0 Å². The maximum Gasteiger partial charge on any atom is 0.310 e. The fraction of sp³-hybridized carbons (Fsp3) is 0.235. The maximum atomic E-state index is 12.9. The second-order valence-corrected chi connectivity index (χ2v) is 8.83. The van der Waals surface area contributed by atoms with Crippen LogP contribution in [0.4, 0.5) is 25.1 Å². The molecule has 2 aromatic rings. The molecule has 0 fully saturated rings. The molecule has 0 radical (unpaired) electrons. The molecule has 0 saturated heterocycles. The van der Waals surface area contributed by atoms with E-state index in [1.165, 1.54) is 0 Å². The molecule has 0 bridgehead atoms. The Kier molecular flexibility index (Phi) is 4.97. The number of hydrogen-bond acceptors (Lipinski definition) is 4. The summed E-state index contributed by atoms with van der Waals surface area (Å²) in [6.45, 7) is 2.44. The number of carbonyl (C=O) groups is 1. The molecule has 154 valence electrons. The lowest BCUT2D eigenvalue weighted by atomic mass is 10.0. The number of ether oxygens (including phenoxy) is 1. The van der Waals surface area contributed by atoms with Crippen LogP contribution in [0.25, 0.3) is 0 Å². The van der Waals surface area contributed by atoms with Crippen molar-refractivity contribution in [3.05, 3.63) is 59.0 Å². The van der Waals surface area contributed by atoms with Crippen molar-refractivity contribution in [2.75, 3.05) is 11.9 Å². The summed E-state index contributed by atoms with van der Waals surface area (Å²) in [6.07, 6.45) is 0. The maximum absolute atomic E-state index is 12.9. The van der Waals surface area contributed by atoms with E-state index >= 15 is 0 Å². The van der Waals surface area contributed by atoms with Gasteiger partial charge in [-0.1, -0.05) is 43.2 Å². The van der Waals surface area contributed by atoms with Crippen LogP contribution >= 0.6 is 10.2 Å². The van der Waals surface area contributed by atoms with Crippen molar-refractivity contribution in [1.29, 1.82) is 0 Å². The minimum absolute atomic E-state index is 0.103. The minimum atomic E-state index is -9.91. The van der Waals surface area contributed by atoms with Gasteiger partial charge in [0.15, 0.2) is 0 Å². The Balaban J connectivity index is 2.17. The van der Waals surface area contributed by atoms with Crippen molar-refractivity contribution < 1.29 is 29.0 Å². The number of halogens is 5. The third-order valence-electron chi connectivity index (χ3n) is 3.77. The van der Waals surface area contributed by atoms with E-state index < -0.39 is 38.9 Å². The van der Waals surface area contributed by atoms with Crippen molar-refractivity contribution in [2.45, 2.75) is 24.3 Å². The summed E-state index contributed by atoms with van der Waals surface area (Å²) in [5.74, 6) is -0.759. The standard InChI is InChI=1S/C17H17F5N2O3S/c1-12-6-8-14(9-7-12)27-11-17(2,24-26)16(25)23-13-4-3-5-15(10-13)28(18,19,20,21)22/h3-10H,11H2,1-2H3,(H,23,25). The molecule has 0 heterocycles. The Hall–Kier alpha value is -2.69. The first-order valence-electron chi connectivity index (χ1n) is 7.83. The van der Waals surface area contributed by atoms with Gasteiger partial charge >= 0.3 is 10.2 Å². The molecule has 0 aliphatic heterocycles. The van der Waals surface area contributed by atoms with Gasteiger partial charge < -0.3 is 10.1 Å². The number of benzene rings is 2. The zero-order valence-corrected chi connectivity index (χ0v) is 15.6. The molecule has 1 unspecified atom stereocenters. The highest BCUT2D eigenvalue weighted by molar-refractivity contribution is 8.45. The van der Waals surface area contributed by atoms with E-state index in [4.69, 9.17) is 4.74 Å². The molecule has 2 rings (SSSR count). The fourth-order valence-corrected chi connectivity index (χ4v) is 2.76. The number of nitrogens with one attached hydrogen (secondary N) is 1. The lowest BCUT2D eigenvalue weighted by Crippen LogP contribution is -2.43. The van der Waals surface area contributed by atoms with Crippen molar-refractivity contribution in [2.24, 2.45) is 5.18 Å². The summed E-state index contributed by atoms with van der Waals surface area (Å²) in [5, 5.41) is 4.70. The van der Waals surface area contributed by atoms with Crippen LogP contribution in [0.5, 0.6) is 5.75 Å². The number of anilines is 1. The normalized spacial score (nSPS) is 16.2. The Morgan fingerprint density at radius 3 is 2.25 bits per heavy atom. The summed E-state index contributed by atoms with van der Waals surface area (Å²) < 4.78 is 69.8. The number of aryl methyl sites for hydroxylation is 1. The second-order valence-electron chi connectivity index (χ2n) is 6.42. The topological polar surface area (TPSA) is 67.8 Å². The summed E-state index contributed by atoms with van der Waals surface area (Å²) in [6, 6.07) is 8.65. The Morgan fingerprint density at radius 1 is 1.11 bits per heavy atom. The zero-order chi connectivity index (χ0) is 21.3. The average molecular weight is 424 g/mol. The Labute approximate surface area is 157 Å². The van der Waals surface area contributed by atoms with Gasteiger partial charge in [0.2, 0.25) is 5.54 Å². The molecule has 28 heavy (non-hydrogen) atoms. The fourth-order valence-electron chi connectivity index (χ4n) is 2.07. The molecule has 0 aliphatic carbocycles. The van der Waals surface area contributed by atoms with Crippen LogP contribution in [0.3, 0.4) is 0 Å². The predicted octanol–water partition coefficient (Wildman–Crippen LogP) is 6.20. The predicted molar refractivity (Wildman–Crippen MR) is 97.3 cm³/mol. The number of nitroso groups, excluding NO2 is 1. The average Bonchev–Trinajstić information content (AvgIpc) is 2.59. The van der Waals surface area contributed by atoms with Crippen molar-refractivity contribution in [1.82, 2.24) is 0 Å². The van der Waals surface area contributed by atoms with Gasteiger partial charge in [-0.15, -0.1) is 4.91 Å². The van der Waals surface area contributed by atoms with Crippen LogP contribution < -0.4 is 10.1 Å². The molecule has 1 amide bonds. The molecule has 0 aromatic heterocycles. The van der Waals surface area contributed by atoms with Crippen LogP contribution in [0.1, 0.15) is 12.5 Å². The smallest absolute Gasteiger partial charge is 0.310 e. The van der Waals surface area contributed by atoms with Crippen molar-refractivity contribution >= 4 is 21.8 Å². The Bertz CT molecular complexity index is 904. The molecule has 1 atom stereocenters. The van der Waals surface area contributed by atoms with Crippen LogP contribution in [-0.2, 0) is 4.79 Å². The van der Waals surface area contributed by atoms with Gasteiger partial charge in [0.1, 0.15) is 17.3 Å². The lowest BCUT2D eigenvalue weighted by Gasteiger charge is -2.40. The van der Waals surface area contributed by atoms with Gasteiger partial charge in [0.05, 0.1) is 0 Å². The molecule has 5 nitrogen and oxygen atoms in total. The van der Waals surface area contributed by atoms with Crippen LogP contribution in [0, 0.1) is 11.8 Å². The first-order valence-corrected chi connectivity index (χ1v) is 9.78. The molecular weight excluding hydrogens is 407 g/mol. The highest BCUT2D eigenvalue weighted by atomic mass is 32.5. The van der Waals surface area contributed by atoms with Crippen LogP contribution in [0.15, 0.2) is 58.6 Å². The highest BCUT2D eigenvalue weighted by Gasteiger charge is 2.65. The first kappa shape index (κ1) is 21.6. The minimum Gasteiger partial charge on any atom is -0.490 e. The van der Waals surface area contributed by atoms with Gasteiger partial charge in [0, 0.05) is 5.69 Å². The molecular formula is C17H17F5N2O3S. The van der Waals surface area contributed by atoms with Crippen LogP contribution in [-0.4, -0.2) is 18.1 Å². The first-order chi connectivity index (χ1) is 12.6. The van der Waals surface area contributed by atoms with Crippen molar-refractivity contribution in [3.8, 4) is 5.75 Å². The third-order valence-corrected chi connectivity index (χ3v) is 4.91.